The summed E-state index contributed by atoms with van der Waals surface area (Å²) in [6.07, 6.45) is 0. The second-order valence-corrected chi connectivity index (χ2v) is 6.87. The summed E-state index contributed by atoms with van der Waals surface area (Å²) in [7, 11) is 1.82. The van der Waals surface area contributed by atoms with Crippen LogP contribution in [0.2, 0.25) is 0 Å². The van der Waals surface area contributed by atoms with Crippen molar-refractivity contribution in [1.82, 2.24) is 14.3 Å². The molecule has 4 rings (SSSR count). The Labute approximate surface area is 166 Å². The Morgan fingerprint density at radius 2 is 1.90 bits per heavy atom. The minimum absolute atomic E-state index is 0.0863. The second kappa shape index (κ2) is 6.66. The molecule has 0 aliphatic rings. The number of aryl methyl sites for hydroxylation is 2. The van der Waals surface area contributed by atoms with Crippen molar-refractivity contribution in [1.29, 1.82) is 0 Å². The minimum atomic E-state index is -0.600. The van der Waals surface area contributed by atoms with Crippen LogP contribution in [0, 0.1) is 19.7 Å². The molecule has 0 aliphatic heterocycles. The van der Waals surface area contributed by atoms with Crippen molar-refractivity contribution in [3.05, 3.63) is 65.2 Å². The van der Waals surface area contributed by atoms with Gasteiger partial charge in [0.25, 0.3) is 0 Å². The highest BCUT2D eigenvalue weighted by Gasteiger charge is 2.27. The number of hydrogen-bond donors (Lipinski definition) is 3. The first-order chi connectivity index (χ1) is 13.8. The fourth-order valence-corrected chi connectivity index (χ4v) is 3.83. The van der Waals surface area contributed by atoms with Crippen molar-refractivity contribution >= 4 is 16.7 Å². The van der Waals surface area contributed by atoms with Gasteiger partial charge < -0.3 is 20.6 Å². The number of halogens is 1. The van der Waals surface area contributed by atoms with Gasteiger partial charge in [0.15, 0.2) is 11.7 Å². The van der Waals surface area contributed by atoms with Gasteiger partial charge in [-0.1, -0.05) is 23.4 Å². The van der Waals surface area contributed by atoms with Gasteiger partial charge in [-0.05, 0) is 32.0 Å². The molecule has 0 amide bonds. The molecule has 0 saturated carbocycles. The smallest absolute Gasteiger partial charge is 0.172 e. The Kier molecular flexibility index (Phi) is 4.26. The molecule has 148 valence electrons. The summed E-state index contributed by atoms with van der Waals surface area (Å²) in [5.74, 6) is -0.858. The lowest BCUT2D eigenvalue weighted by molar-refractivity contribution is 0.318. The molecule has 7 nitrogen and oxygen atoms in total. The number of rotatable bonds is 3. The van der Waals surface area contributed by atoms with E-state index < -0.39 is 5.82 Å². The monoisotopic (exact) mass is 393 g/mol. The van der Waals surface area contributed by atoms with Gasteiger partial charge in [0.2, 0.25) is 0 Å². The highest BCUT2D eigenvalue weighted by atomic mass is 19.1. The standard InChI is InChI=1S/C21H20FN5O2/c1-11-18(12(2)26(3)24-11)20-19(21(23)25-29)14-6-4-5-7-16(14)27(20)17-9-8-13(28)10-15(17)22/h4-10,28-29H,1-3H3,(H2,23,25). The van der Waals surface area contributed by atoms with Gasteiger partial charge in [-0.25, -0.2) is 4.39 Å². The first kappa shape index (κ1) is 18.5. The number of benzene rings is 2. The van der Waals surface area contributed by atoms with E-state index in [1.165, 1.54) is 12.1 Å². The van der Waals surface area contributed by atoms with Gasteiger partial charge in [-0.15, -0.1) is 0 Å². The van der Waals surface area contributed by atoms with Crippen LogP contribution in [0.25, 0.3) is 27.8 Å². The molecule has 0 fully saturated rings. The Morgan fingerprint density at radius 3 is 2.52 bits per heavy atom. The van der Waals surface area contributed by atoms with Crippen LogP contribution in [0.15, 0.2) is 47.6 Å². The molecule has 0 radical (unpaired) electrons. The molecular weight excluding hydrogens is 373 g/mol. The number of nitrogens with two attached hydrogens (primary N) is 1. The topological polar surface area (TPSA) is 102 Å². The van der Waals surface area contributed by atoms with Gasteiger partial charge in [0.1, 0.15) is 5.75 Å². The van der Waals surface area contributed by atoms with Gasteiger partial charge in [-0.2, -0.15) is 5.10 Å². The lowest BCUT2D eigenvalue weighted by Crippen LogP contribution is -2.15. The van der Waals surface area contributed by atoms with Crippen LogP contribution in [0.4, 0.5) is 4.39 Å². The van der Waals surface area contributed by atoms with E-state index in [0.29, 0.717) is 22.2 Å². The van der Waals surface area contributed by atoms with Crippen molar-refractivity contribution in [2.45, 2.75) is 13.8 Å². The minimum Gasteiger partial charge on any atom is -0.508 e. The fraction of sp³-hybridized carbons (Fsp3) is 0.143. The van der Waals surface area contributed by atoms with Gasteiger partial charge in [0, 0.05) is 29.8 Å². The van der Waals surface area contributed by atoms with Gasteiger partial charge in [0.05, 0.1) is 28.2 Å². The van der Waals surface area contributed by atoms with Crippen LogP contribution in [-0.2, 0) is 7.05 Å². The molecule has 0 atom stereocenters. The number of para-hydroxylation sites is 1. The van der Waals surface area contributed by atoms with Crippen LogP contribution in [0.1, 0.15) is 17.0 Å². The molecule has 0 saturated heterocycles. The summed E-state index contributed by atoms with van der Waals surface area (Å²) in [4.78, 5) is 0. The molecule has 2 heterocycles. The Hall–Kier alpha value is -3.81. The number of phenols is 1. The van der Waals surface area contributed by atoms with E-state index in [1.54, 1.807) is 9.25 Å². The zero-order valence-corrected chi connectivity index (χ0v) is 16.2. The van der Waals surface area contributed by atoms with E-state index in [9.17, 15) is 14.7 Å². The largest absolute Gasteiger partial charge is 0.508 e. The number of aromatic nitrogens is 3. The van der Waals surface area contributed by atoms with Crippen molar-refractivity contribution in [3.63, 3.8) is 0 Å². The van der Waals surface area contributed by atoms with Crippen molar-refractivity contribution in [2.24, 2.45) is 17.9 Å². The number of hydrogen-bond acceptors (Lipinski definition) is 4. The summed E-state index contributed by atoms with van der Waals surface area (Å²) in [6, 6.07) is 11.3. The third-order valence-corrected chi connectivity index (χ3v) is 5.16. The molecule has 2 aromatic heterocycles. The Morgan fingerprint density at radius 1 is 1.17 bits per heavy atom. The van der Waals surface area contributed by atoms with E-state index in [0.717, 1.165) is 23.0 Å². The number of amidine groups is 1. The van der Waals surface area contributed by atoms with Crippen molar-refractivity contribution in [2.75, 3.05) is 0 Å². The molecule has 8 heteroatoms. The molecule has 2 aromatic carbocycles. The summed E-state index contributed by atoms with van der Waals surface area (Å²) in [5, 5.41) is 27.5. The molecule has 4 N–H and O–H groups in total. The lowest BCUT2D eigenvalue weighted by Gasteiger charge is -2.14. The van der Waals surface area contributed by atoms with E-state index in [2.05, 4.69) is 10.3 Å². The third-order valence-electron chi connectivity index (χ3n) is 5.16. The van der Waals surface area contributed by atoms with Crippen molar-refractivity contribution in [3.8, 4) is 22.7 Å². The normalized spacial score (nSPS) is 12.1. The van der Waals surface area contributed by atoms with E-state index in [1.807, 2.05) is 45.2 Å². The van der Waals surface area contributed by atoms with Crippen molar-refractivity contribution < 1.29 is 14.7 Å². The van der Waals surface area contributed by atoms with Crippen LogP contribution in [0.5, 0.6) is 5.75 Å². The number of fused-ring (bicyclic) bond motifs is 1. The van der Waals surface area contributed by atoms with E-state index in [-0.39, 0.29) is 17.3 Å². The van der Waals surface area contributed by atoms with E-state index >= 15 is 0 Å². The summed E-state index contributed by atoms with van der Waals surface area (Å²) in [5.41, 5.74) is 10.4. The second-order valence-electron chi connectivity index (χ2n) is 6.87. The molecular formula is C21H20FN5O2. The number of aromatic hydroxyl groups is 1. The van der Waals surface area contributed by atoms with E-state index in [4.69, 9.17) is 5.73 Å². The van der Waals surface area contributed by atoms with Gasteiger partial charge >= 0.3 is 0 Å². The summed E-state index contributed by atoms with van der Waals surface area (Å²) < 4.78 is 18.4. The first-order valence-electron chi connectivity index (χ1n) is 8.96. The molecule has 0 aliphatic carbocycles. The Balaban J connectivity index is 2.26. The fourth-order valence-electron chi connectivity index (χ4n) is 3.83. The predicted octanol–water partition coefficient (Wildman–Crippen LogP) is 3.59. The predicted molar refractivity (Wildman–Crippen MR) is 109 cm³/mol. The average molecular weight is 393 g/mol. The average Bonchev–Trinajstić information content (AvgIpc) is 3.14. The Bertz CT molecular complexity index is 1290. The van der Waals surface area contributed by atoms with Crippen LogP contribution in [-0.4, -0.2) is 30.5 Å². The zero-order chi connectivity index (χ0) is 20.9. The molecule has 0 spiro atoms. The highest BCUT2D eigenvalue weighted by molar-refractivity contribution is 6.15. The maximum atomic E-state index is 14.9. The molecule has 4 aromatic rings. The van der Waals surface area contributed by atoms with Crippen LogP contribution in [0.3, 0.4) is 0 Å². The summed E-state index contributed by atoms with van der Waals surface area (Å²) >= 11 is 0. The maximum absolute atomic E-state index is 14.9. The van der Waals surface area contributed by atoms with Crippen LogP contribution >= 0.6 is 0 Å². The quantitative estimate of drug-likeness (QED) is 0.214. The number of oxime groups is 1. The number of nitrogens with zero attached hydrogens (tertiary/aromatic N) is 4. The summed E-state index contributed by atoms with van der Waals surface area (Å²) in [6.45, 7) is 3.76. The first-order valence-corrected chi connectivity index (χ1v) is 8.96. The zero-order valence-electron chi connectivity index (χ0n) is 16.2. The lowest BCUT2D eigenvalue weighted by atomic mass is 10.0. The van der Waals surface area contributed by atoms with Crippen LogP contribution < -0.4 is 5.73 Å². The molecule has 0 unspecified atom stereocenters. The third kappa shape index (κ3) is 2.72. The van der Waals surface area contributed by atoms with Gasteiger partial charge in [-0.3, -0.25) is 4.68 Å². The maximum Gasteiger partial charge on any atom is 0.172 e. The number of phenolic OH excluding ortho intramolecular Hbond substituents is 1. The highest BCUT2D eigenvalue weighted by Crippen LogP contribution is 2.39. The SMILES string of the molecule is Cc1nn(C)c(C)c1-c1c(/C(N)=N/O)c2ccccc2n1-c1ccc(O)cc1F. The molecule has 0 bridgehead atoms. The molecule has 29 heavy (non-hydrogen) atoms.